The first-order valence-electron chi connectivity index (χ1n) is 9.53. The topological polar surface area (TPSA) is 103 Å². The van der Waals surface area contributed by atoms with Gasteiger partial charge in [0.1, 0.15) is 16.4 Å². The van der Waals surface area contributed by atoms with Gasteiger partial charge < -0.3 is 13.7 Å². The van der Waals surface area contributed by atoms with Crippen LogP contribution in [0.1, 0.15) is 11.1 Å². The van der Waals surface area contributed by atoms with Crippen LogP contribution in [0.5, 0.6) is 17.2 Å². The molecule has 0 aliphatic rings. The van der Waals surface area contributed by atoms with Crippen molar-refractivity contribution in [3.63, 3.8) is 0 Å². The van der Waals surface area contributed by atoms with Gasteiger partial charge in [0.25, 0.3) is 0 Å². The van der Waals surface area contributed by atoms with E-state index in [1.165, 1.54) is 43.7 Å². The molecule has 9 heteroatoms. The lowest BCUT2D eigenvalue weighted by Crippen LogP contribution is -2.19. The van der Waals surface area contributed by atoms with Gasteiger partial charge in [-0.3, -0.25) is 4.79 Å². The summed E-state index contributed by atoms with van der Waals surface area (Å²) in [6.07, 6.45) is 1.43. The van der Waals surface area contributed by atoms with Crippen LogP contribution in [-0.4, -0.2) is 34.8 Å². The maximum Gasteiger partial charge on any atom is 0.339 e. The zero-order chi connectivity index (χ0) is 23.0. The van der Waals surface area contributed by atoms with E-state index in [4.69, 9.17) is 13.7 Å². The molecule has 32 heavy (non-hydrogen) atoms. The van der Waals surface area contributed by atoms with Crippen molar-refractivity contribution in [2.24, 2.45) is 5.10 Å². The quantitative estimate of drug-likeness (QED) is 0.303. The first kappa shape index (κ1) is 22.8. The predicted molar refractivity (Wildman–Crippen MR) is 120 cm³/mol. The first-order valence-corrected chi connectivity index (χ1v) is 10.9. The van der Waals surface area contributed by atoms with Crippen molar-refractivity contribution in [2.45, 2.75) is 11.3 Å². The van der Waals surface area contributed by atoms with Crippen molar-refractivity contribution in [1.82, 2.24) is 5.43 Å². The van der Waals surface area contributed by atoms with E-state index in [1.54, 1.807) is 49.6 Å². The molecule has 8 nitrogen and oxygen atoms in total. The van der Waals surface area contributed by atoms with Crippen LogP contribution >= 0.6 is 0 Å². The maximum atomic E-state index is 12.6. The fraction of sp³-hybridized carbons (Fsp3) is 0.130. The van der Waals surface area contributed by atoms with Crippen LogP contribution in [0.2, 0.25) is 0 Å². The summed E-state index contributed by atoms with van der Waals surface area (Å²) in [4.78, 5) is 12.1. The number of ether oxygens (including phenoxy) is 2. The Kier molecular flexibility index (Phi) is 7.45. The molecule has 0 unspecified atom stereocenters. The second-order valence-corrected chi connectivity index (χ2v) is 8.12. The third-order valence-electron chi connectivity index (χ3n) is 4.36. The molecule has 1 N–H and O–H groups in total. The van der Waals surface area contributed by atoms with E-state index >= 15 is 0 Å². The molecule has 1 amide bonds. The number of hydrazone groups is 1. The zero-order valence-corrected chi connectivity index (χ0v) is 18.3. The third-order valence-corrected chi connectivity index (χ3v) is 5.61. The summed E-state index contributed by atoms with van der Waals surface area (Å²) in [6, 6.07) is 19.4. The van der Waals surface area contributed by atoms with Crippen LogP contribution in [0.15, 0.2) is 82.8 Å². The highest BCUT2D eigenvalue weighted by atomic mass is 32.2. The Bertz CT molecular complexity index is 1210. The number of nitrogens with zero attached hydrogens (tertiary/aromatic N) is 1. The number of amides is 1. The van der Waals surface area contributed by atoms with Crippen LogP contribution in [-0.2, 0) is 21.3 Å². The van der Waals surface area contributed by atoms with E-state index in [0.717, 1.165) is 5.56 Å². The van der Waals surface area contributed by atoms with Crippen molar-refractivity contribution >= 4 is 22.2 Å². The van der Waals surface area contributed by atoms with Crippen LogP contribution in [0.3, 0.4) is 0 Å². The van der Waals surface area contributed by atoms with E-state index < -0.39 is 10.1 Å². The van der Waals surface area contributed by atoms with Gasteiger partial charge >= 0.3 is 10.1 Å². The van der Waals surface area contributed by atoms with Crippen molar-refractivity contribution in [2.75, 3.05) is 14.2 Å². The number of nitrogens with one attached hydrogen (secondary N) is 1. The van der Waals surface area contributed by atoms with Crippen LogP contribution in [0.25, 0.3) is 0 Å². The molecule has 0 saturated carbocycles. The van der Waals surface area contributed by atoms with Gasteiger partial charge in [0.2, 0.25) is 5.91 Å². The lowest BCUT2D eigenvalue weighted by Gasteiger charge is -2.10. The Morgan fingerprint density at radius 1 is 0.938 bits per heavy atom. The lowest BCUT2D eigenvalue weighted by molar-refractivity contribution is -0.120. The summed E-state index contributed by atoms with van der Waals surface area (Å²) in [5, 5.41) is 3.92. The highest BCUT2D eigenvalue weighted by Crippen LogP contribution is 2.23. The molecule has 0 radical (unpaired) electrons. The number of carbonyl (C=O) groups excluding carboxylic acids is 1. The lowest BCUT2D eigenvalue weighted by atomic mass is 10.1. The molecule has 0 aliphatic heterocycles. The van der Waals surface area contributed by atoms with Gasteiger partial charge in [0.05, 0.1) is 26.9 Å². The first-order chi connectivity index (χ1) is 15.4. The highest BCUT2D eigenvalue weighted by Gasteiger charge is 2.18. The molecule has 0 atom stereocenters. The van der Waals surface area contributed by atoms with E-state index in [-0.39, 0.29) is 23.0 Å². The molecule has 166 valence electrons. The summed E-state index contributed by atoms with van der Waals surface area (Å²) >= 11 is 0. The van der Waals surface area contributed by atoms with E-state index in [0.29, 0.717) is 17.1 Å². The SMILES string of the molecule is COc1ccc(S(=O)(=O)Oc2ccccc2/C=N/NC(=O)Cc2cccc(OC)c2)cc1. The summed E-state index contributed by atoms with van der Waals surface area (Å²) in [5.74, 6) is 0.928. The minimum Gasteiger partial charge on any atom is -0.497 e. The van der Waals surface area contributed by atoms with Crippen molar-refractivity contribution in [3.8, 4) is 17.2 Å². The summed E-state index contributed by atoms with van der Waals surface area (Å²) in [5.41, 5.74) is 3.57. The average Bonchev–Trinajstić information content (AvgIpc) is 2.80. The van der Waals surface area contributed by atoms with Crippen LogP contribution < -0.4 is 19.1 Å². The largest absolute Gasteiger partial charge is 0.497 e. The van der Waals surface area contributed by atoms with E-state index in [1.807, 2.05) is 0 Å². The molecule has 0 spiro atoms. The highest BCUT2D eigenvalue weighted by molar-refractivity contribution is 7.87. The molecule has 0 saturated heterocycles. The Morgan fingerprint density at radius 2 is 1.66 bits per heavy atom. The van der Waals surface area contributed by atoms with Crippen molar-refractivity contribution in [1.29, 1.82) is 0 Å². The molecule has 0 aliphatic carbocycles. The minimum absolute atomic E-state index is 0.0170. The van der Waals surface area contributed by atoms with Gasteiger partial charge in [-0.2, -0.15) is 13.5 Å². The number of para-hydroxylation sites is 1. The Labute approximate surface area is 186 Å². The molecule has 3 aromatic rings. The van der Waals surface area contributed by atoms with Gasteiger partial charge in [-0.05, 0) is 54.1 Å². The summed E-state index contributed by atoms with van der Waals surface area (Å²) in [7, 11) is -1.02. The number of hydrogen-bond acceptors (Lipinski definition) is 7. The zero-order valence-electron chi connectivity index (χ0n) is 17.5. The Morgan fingerprint density at radius 3 is 2.38 bits per heavy atom. The number of hydrogen-bond donors (Lipinski definition) is 1. The summed E-state index contributed by atoms with van der Waals surface area (Å²) in [6.45, 7) is 0. The molecular weight excluding hydrogens is 432 g/mol. The second-order valence-electron chi connectivity index (χ2n) is 6.57. The second kappa shape index (κ2) is 10.5. The number of methoxy groups -OCH3 is 2. The van der Waals surface area contributed by atoms with Gasteiger partial charge in [-0.25, -0.2) is 5.43 Å². The van der Waals surface area contributed by atoms with Gasteiger partial charge in [0, 0.05) is 5.56 Å². The fourth-order valence-electron chi connectivity index (χ4n) is 2.75. The van der Waals surface area contributed by atoms with Crippen LogP contribution in [0, 0.1) is 0 Å². The van der Waals surface area contributed by atoms with Gasteiger partial charge in [-0.1, -0.05) is 24.3 Å². The molecule has 0 fully saturated rings. The summed E-state index contributed by atoms with van der Waals surface area (Å²) < 4.78 is 40.7. The normalized spacial score (nSPS) is 11.2. The minimum atomic E-state index is -4.07. The fourth-order valence-corrected chi connectivity index (χ4v) is 3.71. The molecule has 0 heterocycles. The van der Waals surface area contributed by atoms with Crippen molar-refractivity contribution < 1.29 is 26.9 Å². The average molecular weight is 455 g/mol. The molecule has 0 bridgehead atoms. The predicted octanol–water partition coefficient (Wildman–Crippen LogP) is 3.16. The van der Waals surface area contributed by atoms with Gasteiger partial charge in [0.15, 0.2) is 5.75 Å². The maximum absolute atomic E-state index is 12.6. The number of benzene rings is 3. The Balaban J connectivity index is 1.67. The molecule has 0 aromatic heterocycles. The van der Waals surface area contributed by atoms with Crippen LogP contribution in [0.4, 0.5) is 0 Å². The molecule has 3 aromatic carbocycles. The standard InChI is InChI=1S/C23H22N2O6S/c1-29-19-10-12-21(13-11-19)32(27,28)31-22-9-4-3-7-18(22)16-24-25-23(26)15-17-6-5-8-20(14-17)30-2/h3-14,16H,15H2,1-2H3,(H,25,26)/b24-16+. The monoisotopic (exact) mass is 454 g/mol. The number of carbonyl (C=O) groups is 1. The smallest absolute Gasteiger partial charge is 0.339 e. The number of rotatable bonds is 9. The van der Waals surface area contributed by atoms with E-state index in [2.05, 4.69) is 10.5 Å². The molecular formula is C23H22N2O6S. The molecule has 3 rings (SSSR count). The Hall–Kier alpha value is -3.85. The van der Waals surface area contributed by atoms with E-state index in [9.17, 15) is 13.2 Å². The van der Waals surface area contributed by atoms with Crippen molar-refractivity contribution in [3.05, 3.63) is 83.9 Å². The third kappa shape index (κ3) is 6.08. The van der Waals surface area contributed by atoms with Gasteiger partial charge in [-0.15, -0.1) is 0 Å².